The molecule has 0 radical (unpaired) electrons. The number of anilines is 1. The van der Waals surface area contributed by atoms with Crippen LogP contribution in [0.15, 0.2) is 42.5 Å². The summed E-state index contributed by atoms with van der Waals surface area (Å²) < 4.78 is 10.4. The Kier molecular flexibility index (Phi) is 6.79. The summed E-state index contributed by atoms with van der Waals surface area (Å²) in [5.41, 5.74) is 3.50. The first-order valence-electron chi connectivity index (χ1n) is 9.55. The van der Waals surface area contributed by atoms with E-state index in [9.17, 15) is 9.59 Å². The lowest BCUT2D eigenvalue weighted by Crippen LogP contribution is -2.35. The summed E-state index contributed by atoms with van der Waals surface area (Å²) in [7, 11) is 0. The summed E-state index contributed by atoms with van der Waals surface area (Å²) in [6, 6.07) is 12.8. The van der Waals surface area contributed by atoms with Crippen LogP contribution >= 0.6 is 0 Å². The molecule has 6 nitrogen and oxygen atoms in total. The molecule has 2 aromatic rings. The van der Waals surface area contributed by atoms with E-state index in [1.807, 2.05) is 24.3 Å². The highest BCUT2D eigenvalue weighted by Crippen LogP contribution is 2.21. The Hall–Kier alpha value is -2.70. The lowest BCUT2D eigenvalue weighted by Gasteiger charge is -2.26. The van der Waals surface area contributed by atoms with Gasteiger partial charge in [0.2, 0.25) is 0 Å². The van der Waals surface area contributed by atoms with E-state index in [-0.39, 0.29) is 11.9 Å². The number of hydrogen-bond donors (Lipinski definition) is 1. The van der Waals surface area contributed by atoms with Crippen LogP contribution < -0.4 is 5.32 Å². The zero-order chi connectivity index (χ0) is 19.9. The van der Waals surface area contributed by atoms with Crippen LogP contribution in [0.3, 0.4) is 0 Å². The number of hydrogen-bond acceptors (Lipinski definition) is 5. The number of morpholine rings is 1. The first kappa shape index (κ1) is 20.0. The Bertz CT molecular complexity index is 827. The van der Waals surface area contributed by atoms with E-state index in [4.69, 9.17) is 9.47 Å². The number of rotatable bonds is 6. The van der Waals surface area contributed by atoms with Crippen LogP contribution in [0.4, 0.5) is 5.69 Å². The molecule has 1 amide bonds. The van der Waals surface area contributed by atoms with Crippen molar-refractivity contribution in [2.45, 2.75) is 20.4 Å². The van der Waals surface area contributed by atoms with Crippen molar-refractivity contribution in [2.75, 3.05) is 38.2 Å². The summed E-state index contributed by atoms with van der Waals surface area (Å²) in [6.07, 6.45) is 0. The second kappa shape index (κ2) is 9.48. The molecule has 6 heteroatoms. The Balaban J connectivity index is 1.66. The van der Waals surface area contributed by atoms with Crippen molar-refractivity contribution in [1.29, 1.82) is 0 Å². The minimum absolute atomic E-state index is 0.206. The second-order valence-corrected chi connectivity index (χ2v) is 6.74. The molecule has 0 aromatic heterocycles. The van der Waals surface area contributed by atoms with Crippen LogP contribution in [-0.2, 0) is 16.0 Å². The summed E-state index contributed by atoms with van der Waals surface area (Å²) in [5, 5.41) is 2.89. The SMILES string of the molecule is CCOC(=O)c1cccc(NC(=O)c2ccc(CN3CCOCC3)cc2)c1C. The van der Waals surface area contributed by atoms with Gasteiger partial charge in [-0.15, -0.1) is 0 Å². The van der Waals surface area contributed by atoms with Crippen molar-refractivity contribution in [3.63, 3.8) is 0 Å². The van der Waals surface area contributed by atoms with E-state index in [0.717, 1.165) is 32.8 Å². The third-order valence-corrected chi connectivity index (χ3v) is 4.80. The lowest BCUT2D eigenvalue weighted by atomic mass is 10.1. The number of carbonyl (C=O) groups excluding carboxylic acids is 2. The topological polar surface area (TPSA) is 67.9 Å². The fourth-order valence-corrected chi connectivity index (χ4v) is 3.17. The fraction of sp³-hybridized carbons (Fsp3) is 0.364. The summed E-state index contributed by atoms with van der Waals surface area (Å²) in [6.45, 7) is 8.12. The molecule has 2 aromatic carbocycles. The third-order valence-electron chi connectivity index (χ3n) is 4.80. The second-order valence-electron chi connectivity index (χ2n) is 6.74. The molecule has 3 rings (SSSR count). The Labute approximate surface area is 165 Å². The zero-order valence-electron chi connectivity index (χ0n) is 16.4. The van der Waals surface area contributed by atoms with Gasteiger partial charge in [-0.2, -0.15) is 0 Å². The van der Waals surface area contributed by atoms with Gasteiger partial charge in [0.25, 0.3) is 5.91 Å². The molecule has 1 fully saturated rings. The minimum Gasteiger partial charge on any atom is -0.462 e. The van der Waals surface area contributed by atoms with Crippen molar-refractivity contribution in [3.05, 3.63) is 64.7 Å². The molecule has 0 unspecified atom stereocenters. The largest absolute Gasteiger partial charge is 0.462 e. The van der Waals surface area contributed by atoms with Crippen LogP contribution in [0.1, 0.15) is 38.8 Å². The fourth-order valence-electron chi connectivity index (χ4n) is 3.17. The number of ether oxygens (including phenoxy) is 2. The van der Waals surface area contributed by atoms with Gasteiger partial charge in [0.15, 0.2) is 0 Å². The van der Waals surface area contributed by atoms with Gasteiger partial charge in [-0.05, 0) is 49.2 Å². The van der Waals surface area contributed by atoms with Gasteiger partial charge in [0.1, 0.15) is 0 Å². The van der Waals surface area contributed by atoms with Gasteiger partial charge in [0.05, 0.1) is 25.4 Å². The average Bonchev–Trinajstić information content (AvgIpc) is 2.71. The van der Waals surface area contributed by atoms with Gasteiger partial charge < -0.3 is 14.8 Å². The summed E-state index contributed by atoms with van der Waals surface area (Å²) >= 11 is 0. The van der Waals surface area contributed by atoms with Crippen LogP contribution in [-0.4, -0.2) is 49.7 Å². The Morgan fingerprint density at radius 2 is 1.82 bits per heavy atom. The van der Waals surface area contributed by atoms with Crippen LogP contribution in [0.5, 0.6) is 0 Å². The lowest BCUT2D eigenvalue weighted by molar-refractivity contribution is 0.0342. The van der Waals surface area contributed by atoms with Crippen molar-refractivity contribution in [1.82, 2.24) is 4.90 Å². The molecule has 1 N–H and O–H groups in total. The number of amides is 1. The monoisotopic (exact) mass is 382 g/mol. The van der Waals surface area contributed by atoms with Crippen LogP contribution in [0.2, 0.25) is 0 Å². The van der Waals surface area contributed by atoms with Gasteiger partial charge >= 0.3 is 5.97 Å². The molecule has 0 spiro atoms. The first-order valence-corrected chi connectivity index (χ1v) is 9.55. The number of benzene rings is 2. The maximum absolute atomic E-state index is 12.6. The van der Waals surface area contributed by atoms with Crippen molar-refractivity contribution >= 4 is 17.6 Å². The smallest absolute Gasteiger partial charge is 0.338 e. The minimum atomic E-state index is -0.386. The molecule has 0 saturated carbocycles. The standard InChI is InChI=1S/C22H26N2O4/c1-3-28-22(26)19-5-4-6-20(16(19)2)23-21(25)18-9-7-17(8-10-18)15-24-11-13-27-14-12-24/h4-10H,3,11-15H2,1-2H3,(H,23,25). The summed E-state index contributed by atoms with van der Waals surface area (Å²) in [5.74, 6) is -0.592. The van der Waals surface area contributed by atoms with Gasteiger partial charge in [-0.3, -0.25) is 9.69 Å². The molecule has 0 atom stereocenters. The molecular weight excluding hydrogens is 356 g/mol. The summed E-state index contributed by atoms with van der Waals surface area (Å²) in [4.78, 5) is 27.0. The predicted molar refractivity (Wildman–Crippen MR) is 108 cm³/mol. The molecule has 1 heterocycles. The van der Waals surface area contributed by atoms with Crippen molar-refractivity contribution in [3.8, 4) is 0 Å². The maximum atomic E-state index is 12.6. The zero-order valence-corrected chi connectivity index (χ0v) is 16.4. The van der Waals surface area contributed by atoms with Gasteiger partial charge in [-0.25, -0.2) is 4.79 Å². The molecule has 1 aliphatic heterocycles. The van der Waals surface area contributed by atoms with E-state index in [1.165, 1.54) is 5.56 Å². The third kappa shape index (κ3) is 4.97. The van der Waals surface area contributed by atoms with E-state index in [0.29, 0.717) is 29.0 Å². The van der Waals surface area contributed by atoms with E-state index < -0.39 is 0 Å². The number of esters is 1. The molecule has 0 aliphatic carbocycles. The predicted octanol–water partition coefficient (Wildman–Crippen LogP) is 3.26. The Morgan fingerprint density at radius 1 is 1.11 bits per heavy atom. The Morgan fingerprint density at radius 3 is 2.50 bits per heavy atom. The first-order chi connectivity index (χ1) is 13.6. The number of nitrogens with one attached hydrogen (secondary N) is 1. The van der Waals surface area contributed by atoms with E-state index in [1.54, 1.807) is 32.0 Å². The van der Waals surface area contributed by atoms with Crippen LogP contribution in [0, 0.1) is 6.92 Å². The van der Waals surface area contributed by atoms with Gasteiger partial charge in [0, 0.05) is 30.9 Å². The quantitative estimate of drug-likeness (QED) is 0.777. The molecular formula is C22H26N2O4. The highest BCUT2D eigenvalue weighted by Gasteiger charge is 2.15. The molecule has 1 saturated heterocycles. The van der Waals surface area contributed by atoms with Crippen molar-refractivity contribution < 1.29 is 19.1 Å². The molecule has 1 aliphatic rings. The van der Waals surface area contributed by atoms with Gasteiger partial charge in [-0.1, -0.05) is 18.2 Å². The van der Waals surface area contributed by atoms with E-state index >= 15 is 0 Å². The normalized spacial score (nSPS) is 14.5. The maximum Gasteiger partial charge on any atom is 0.338 e. The highest BCUT2D eigenvalue weighted by molar-refractivity contribution is 6.05. The molecule has 28 heavy (non-hydrogen) atoms. The van der Waals surface area contributed by atoms with Crippen LogP contribution in [0.25, 0.3) is 0 Å². The number of nitrogens with zero attached hydrogens (tertiary/aromatic N) is 1. The van der Waals surface area contributed by atoms with Crippen molar-refractivity contribution in [2.24, 2.45) is 0 Å². The van der Waals surface area contributed by atoms with E-state index in [2.05, 4.69) is 10.2 Å². The highest BCUT2D eigenvalue weighted by atomic mass is 16.5. The number of carbonyl (C=O) groups is 2. The molecule has 0 bridgehead atoms. The molecule has 148 valence electrons. The average molecular weight is 382 g/mol.